The average molecular weight is 208 g/mol. The third-order valence-corrected chi connectivity index (χ3v) is 2.63. The first-order valence-corrected chi connectivity index (χ1v) is 4.95. The molecule has 0 saturated heterocycles. The summed E-state index contributed by atoms with van der Waals surface area (Å²) in [7, 11) is 0. The van der Waals surface area contributed by atoms with Crippen molar-refractivity contribution >= 4 is 5.69 Å². The van der Waals surface area contributed by atoms with Crippen LogP contribution in [0.5, 0.6) is 0 Å². The first-order valence-electron chi connectivity index (χ1n) is 4.95. The number of aliphatic hydroxyl groups is 1. The Bertz CT molecular complexity index is 377. The molecule has 1 aromatic rings. The van der Waals surface area contributed by atoms with Crippen LogP contribution < -0.4 is 0 Å². The number of nitro groups is 1. The summed E-state index contributed by atoms with van der Waals surface area (Å²) in [4.78, 5) is 14.2. The van der Waals surface area contributed by atoms with Crippen molar-refractivity contribution in [3.63, 3.8) is 0 Å². The van der Waals surface area contributed by atoms with Gasteiger partial charge in [-0.25, -0.2) is 0 Å². The quantitative estimate of drug-likeness (QED) is 0.597. The number of hydrogen-bond donors (Lipinski definition) is 1. The molecular weight excluding hydrogens is 196 g/mol. The molecule has 80 valence electrons. The number of pyridine rings is 1. The largest absolute Gasteiger partial charge is 0.392 e. The lowest BCUT2D eigenvalue weighted by molar-refractivity contribution is -0.386. The van der Waals surface area contributed by atoms with Crippen LogP contribution in [-0.2, 0) is 6.42 Å². The standard InChI is InChI=1S/C10H12N2O3/c13-10(7-3-4-7)6-8-9(12(14)15)2-1-5-11-8/h1-2,5,7,10,13H,3-4,6H2. The van der Waals surface area contributed by atoms with Crippen LogP contribution in [0.3, 0.4) is 0 Å². The molecule has 5 nitrogen and oxygen atoms in total. The van der Waals surface area contributed by atoms with Gasteiger partial charge in [0.15, 0.2) is 0 Å². The van der Waals surface area contributed by atoms with Crippen LogP contribution >= 0.6 is 0 Å². The van der Waals surface area contributed by atoms with E-state index < -0.39 is 11.0 Å². The van der Waals surface area contributed by atoms with Gasteiger partial charge < -0.3 is 5.11 Å². The molecular formula is C10H12N2O3. The Hall–Kier alpha value is -1.49. The van der Waals surface area contributed by atoms with Crippen LogP contribution in [0.4, 0.5) is 5.69 Å². The predicted octanol–water partition coefficient (Wildman–Crippen LogP) is 1.30. The van der Waals surface area contributed by atoms with Crippen molar-refractivity contribution in [1.82, 2.24) is 4.98 Å². The minimum Gasteiger partial charge on any atom is -0.392 e. The van der Waals surface area contributed by atoms with Gasteiger partial charge in [-0.2, -0.15) is 0 Å². The molecule has 1 aromatic heterocycles. The smallest absolute Gasteiger partial charge is 0.290 e. The zero-order valence-electron chi connectivity index (χ0n) is 8.17. The van der Waals surface area contributed by atoms with E-state index in [2.05, 4.69) is 4.98 Å². The Kier molecular flexibility index (Phi) is 2.64. The van der Waals surface area contributed by atoms with Crippen molar-refractivity contribution in [2.45, 2.75) is 25.4 Å². The van der Waals surface area contributed by atoms with Crippen LogP contribution in [0.1, 0.15) is 18.5 Å². The fraction of sp³-hybridized carbons (Fsp3) is 0.500. The maximum Gasteiger partial charge on any atom is 0.290 e. The first-order chi connectivity index (χ1) is 7.18. The number of aromatic nitrogens is 1. The fourth-order valence-electron chi connectivity index (χ4n) is 1.60. The molecule has 0 bridgehead atoms. The van der Waals surface area contributed by atoms with Gasteiger partial charge in [-0.3, -0.25) is 15.1 Å². The summed E-state index contributed by atoms with van der Waals surface area (Å²) in [5.41, 5.74) is 0.374. The minimum absolute atomic E-state index is 0.00259. The molecule has 0 spiro atoms. The minimum atomic E-state index is -0.487. The van der Waals surface area contributed by atoms with Crippen LogP contribution in [0.15, 0.2) is 18.3 Å². The summed E-state index contributed by atoms with van der Waals surface area (Å²) in [5, 5.41) is 20.4. The Morgan fingerprint density at radius 3 is 3.00 bits per heavy atom. The fourth-order valence-corrected chi connectivity index (χ4v) is 1.60. The van der Waals surface area contributed by atoms with E-state index in [0.29, 0.717) is 11.6 Å². The molecule has 5 heteroatoms. The maximum absolute atomic E-state index is 10.7. The summed E-state index contributed by atoms with van der Waals surface area (Å²) in [6.07, 6.45) is 3.34. The van der Waals surface area contributed by atoms with Gasteiger partial charge in [0.25, 0.3) is 5.69 Å². The molecule has 1 saturated carbocycles. The normalized spacial score (nSPS) is 17.4. The molecule has 1 aliphatic rings. The van der Waals surface area contributed by atoms with Gasteiger partial charge in [0.2, 0.25) is 0 Å². The van der Waals surface area contributed by atoms with E-state index in [0.717, 1.165) is 12.8 Å². The second-order valence-corrected chi connectivity index (χ2v) is 3.84. The van der Waals surface area contributed by atoms with E-state index in [1.54, 1.807) is 0 Å². The topological polar surface area (TPSA) is 76.3 Å². The highest BCUT2D eigenvalue weighted by Crippen LogP contribution is 2.34. The van der Waals surface area contributed by atoms with Gasteiger partial charge in [-0.05, 0) is 24.8 Å². The van der Waals surface area contributed by atoms with E-state index in [9.17, 15) is 15.2 Å². The molecule has 1 N–H and O–H groups in total. The van der Waals surface area contributed by atoms with Crippen molar-refractivity contribution in [2.75, 3.05) is 0 Å². The van der Waals surface area contributed by atoms with E-state index in [1.807, 2.05) is 0 Å². The molecule has 15 heavy (non-hydrogen) atoms. The Morgan fingerprint density at radius 2 is 2.40 bits per heavy atom. The van der Waals surface area contributed by atoms with Gasteiger partial charge in [-0.1, -0.05) is 0 Å². The molecule has 0 amide bonds. The zero-order chi connectivity index (χ0) is 10.8. The van der Waals surface area contributed by atoms with Gasteiger partial charge in [0.1, 0.15) is 5.69 Å². The summed E-state index contributed by atoms with van der Waals surface area (Å²) in [6.45, 7) is 0. The third-order valence-electron chi connectivity index (χ3n) is 2.63. The molecule has 1 unspecified atom stereocenters. The summed E-state index contributed by atoms with van der Waals surface area (Å²) in [5.74, 6) is 0.312. The van der Waals surface area contributed by atoms with Crippen LogP contribution in [-0.4, -0.2) is 21.1 Å². The molecule has 1 atom stereocenters. The second kappa shape index (κ2) is 3.94. The lowest BCUT2D eigenvalue weighted by Crippen LogP contribution is -2.14. The van der Waals surface area contributed by atoms with Crippen molar-refractivity contribution < 1.29 is 10.0 Å². The maximum atomic E-state index is 10.7. The highest BCUT2D eigenvalue weighted by molar-refractivity contribution is 5.34. The molecule has 1 fully saturated rings. The number of nitrogens with zero attached hydrogens (tertiary/aromatic N) is 2. The summed E-state index contributed by atoms with van der Waals surface area (Å²) < 4.78 is 0. The Balaban J connectivity index is 2.15. The number of rotatable bonds is 4. The zero-order valence-corrected chi connectivity index (χ0v) is 8.17. The summed E-state index contributed by atoms with van der Waals surface area (Å²) in [6, 6.07) is 2.95. The highest BCUT2D eigenvalue weighted by atomic mass is 16.6. The second-order valence-electron chi connectivity index (χ2n) is 3.84. The van der Waals surface area contributed by atoms with E-state index in [-0.39, 0.29) is 12.1 Å². The van der Waals surface area contributed by atoms with E-state index >= 15 is 0 Å². The molecule has 1 aliphatic carbocycles. The monoisotopic (exact) mass is 208 g/mol. The SMILES string of the molecule is O=[N+]([O-])c1cccnc1CC(O)C1CC1. The number of aliphatic hydroxyl groups excluding tert-OH is 1. The van der Waals surface area contributed by atoms with Crippen LogP contribution in [0.25, 0.3) is 0 Å². The highest BCUT2D eigenvalue weighted by Gasteiger charge is 2.31. The van der Waals surface area contributed by atoms with Crippen LogP contribution in [0, 0.1) is 16.0 Å². The van der Waals surface area contributed by atoms with Crippen molar-refractivity contribution in [2.24, 2.45) is 5.92 Å². The molecule has 0 radical (unpaired) electrons. The van der Waals surface area contributed by atoms with E-state index in [1.165, 1.54) is 18.3 Å². The van der Waals surface area contributed by atoms with Gasteiger partial charge >= 0.3 is 0 Å². The molecule has 1 heterocycles. The third kappa shape index (κ3) is 2.30. The molecule has 0 aromatic carbocycles. The van der Waals surface area contributed by atoms with E-state index in [4.69, 9.17) is 0 Å². The van der Waals surface area contributed by atoms with Gasteiger partial charge in [0.05, 0.1) is 11.0 Å². The Labute approximate surface area is 86.9 Å². The van der Waals surface area contributed by atoms with Crippen LogP contribution in [0.2, 0.25) is 0 Å². The lowest BCUT2D eigenvalue weighted by atomic mass is 10.1. The molecule has 0 aliphatic heterocycles. The Morgan fingerprint density at radius 1 is 1.67 bits per heavy atom. The van der Waals surface area contributed by atoms with Crippen molar-refractivity contribution in [3.8, 4) is 0 Å². The van der Waals surface area contributed by atoms with Gasteiger partial charge in [0, 0.05) is 18.7 Å². The van der Waals surface area contributed by atoms with Gasteiger partial charge in [-0.15, -0.1) is 0 Å². The average Bonchev–Trinajstić information content (AvgIpc) is 3.01. The predicted molar refractivity (Wildman–Crippen MR) is 53.3 cm³/mol. The summed E-state index contributed by atoms with van der Waals surface area (Å²) >= 11 is 0. The van der Waals surface area contributed by atoms with Crippen molar-refractivity contribution in [3.05, 3.63) is 34.1 Å². The first kappa shape index (κ1) is 10.0. The lowest BCUT2D eigenvalue weighted by Gasteiger charge is -2.07. The number of hydrogen-bond acceptors (Lipinski definition) is 4. The van der Waals surface area contributed by atoms with Crippen molar-refractivity contribution in [1.29, 1.82) is 0 Å². The molecule has 2 rings (SSSR count).